The van der Waals surface area contributed by atoms with Gasteiger partial charge in [0.05, 0.1) is 0 Å². The van der Waals surface area contributed by atoms with Crippen molar-refractivity contribution in [1.29, 1.82) is 0 Å². The summed E-state index contributed by atoms with van der Waals surface area (Å²) in [4.78, 5) is 0. The molecule has 0 bridgehead atoms. The van der Waals surface area contributed by atoms with E-state index in [2.05, 4.69) is 6.92 Å². The van der Waals surface area contributed by atoms with E-state index in [0.717, 1.165) is 32.1 Å². The molecule has 0 spiro atoms. The van der Waals surface area contributed by atoms with Gasteiger partial charge in [-0.3, -0.25) is 0 Å². The highest BCUT2D eigenvalue weighted by Crippen LogP contribution is 2.03. The molecule has 0 fully saturated rings. The summed E-state index contributed by atoms with van der Waals surface area (Å²) >= 11 is 0. The summed E-state index contributed by atoms with van der Waals surface area (Å²) in [5.74, 6) is 0.337. The molecule has 0 saturated carbocycles. The minimum Gasteiger partial charge on any atom is -0.229 e. The highest BCUT2D eigenvalue weighted by Gasteiger charge is 1.99. The van der Waals surface area contributed by atoms with Crippen LogP contribution in [0.15, 0.2) is 0 Å². The second kappa shape index (κ2) is 5.58. The maximum atomic E-state index is 10.7. The minimum atomic E-state index is -2.73. The van der Waals surface area contributed by atoms with Gasteiger partial charge in [0.15, 0.2) is 0 Å². The normalized spacial score (nSPS) is 11.8. The van der Waals surface area contributed by atoms with E-state index < -0.39 is 9.84 Å². The highest BCUT2D eigenvalue weighted by atomic mass is 32.2. The van der Waals surface area contributed by atoms with Crippen LogP contribution in [-0.2, 0) is 9.84 Å². The maximum Gasteiger partial charge on any atom is 0.147 e. The van der Waals surface area contributed by atoms with Crippen LogP contribution >= 0.6 is 0 Å². The zero-order chi connectivity index (χ0) is 8.74. The molecule has 0 amide bonds. The zero-order valence-corrected chi connectivity index (χ0v) is 7.99. The number of unbranched alkanes of at least 4 members (excludes halogenated alkanes) is 4. The predicted octanol–water partition coefficient (Wildman–Crippen LogP) is 1.82. The second-order valence-electron chi connectivity index (χ2n) is 2.90. The quantitative estimate of drug-likeness (QED) is 0.580. The van der Waals surface area contributed by atoms with Gasteiger partial charge in [-0.15, -0.1) is 0 Å². The van der Waals surface area contributed by atoms with Gasteiger partial charge >= 0.3 is 0 Å². The third-order valence-corrected chi connectivity index (χ3v) is 2.55. The van der Waals surface area contributed by atoms with Crippen LogP contribution in [0.2, 0.25) is 0 Å². The molecule has 0 aromatic rings. The Labute approximate surface area is 69.9 Å². The van der Waals surface area contributed by atoms with Crippen LogP contribution in [0.3, 0.4) is 0 Å². The van der Waals surface area contributed by atoms with E-state index in [9.17, 15) is 8.42 Å². The molecular weight excluding hydrogens is 160 g/mol. The van der Waals surface area contributed by atoms with E-state index >= 15 is 0 Å². The first-order valence-electron chi connectivity index (χ1n) is 4.03. The molecule has 0 N–H and O–H groups in total. The van der Waals surface area contributed by atoms with Crippen molar-refractivity contribution in [2.45, 2.75) is 32.1 Å². The van der Waals surface area contributed by atoms with E-state index in [-0.39, 0.29) is 0 Å². The summed E-state index contributed by atoms with van der Waals surface area (Å²) in [7, 11) is -2.73. The summed E-state index contributed by atoms with van der Waals surface area (Å²) in [6.07, 6.45) is 6.29. The van der Waals surface area contributed by atoms with E-state index in [0.29, 0.717) is 5.75 Å². The van der Waals surface area contributed by atoms with Crippen molar-refractivity contribution in [3.05, 3.63) is 6.92 Å². The lowest BCUT2D eigenvalue weighted by Crippen LogP contribution is -2.02. The molecule has 67 valence electrons. The van der Waals surface area contributed by atoms with Crippen LogP contribution in [-0.4, -0.2) is 20.4 Å². The summed E-state index contributed by atoms with van der Waals surface area (Å²) in [5, 5.41) is 0. The van der Waals surface area contributed by atoms with Crippen molar-refractivity contribution in [3.63, 3.8) is 0 Å². The average molecular weight is 177 g/mol. The van der Waals surface area contributed by atoms with Gasteiger partial charge in [0, 0.05) is 12.0 Å². The van der Waals surface area contributed by atoms with E-state index in [1.54, 1.807) is 0 Å². The molecular formula is C8H17O2S. The Kier molecular flexibility index (Phi) is 5.56. The van der Waals surface area contributed by atoms with Gasteiger partial charge in [0.25, 0.3) is 0 Å². The Morgan fingerprint density at radius 1 is 1.09 bits per heavy atom. The van der Waals surface area contributed by atoms with Gasteiger partial charge in [-0.1, -0.05) is 32.6 Å². The Morgan fingerprint density at radius 2 is 1.64 bits per heavy atom. The van der Waals surface area contributed by atoms with Crippen LogP contribution in [0.1, 0.15) is 32.1 Å². The van der Waals surface area contributed by atoms with E-state index in [1.165, 1.54) is 6.26 Å². The molecule has 0 heterocycles. The third kappa shape index (κ3) is 9.95. The topological polar surface area (TPSA) is 34.1 Å². The van der Waals surface area contributed by atoms with Crippen LogP contribution < -0.4 is 0 Å². The number of hydrogen-bond acceptors (Lipinski definition) is 2. The van der Waals surface area contributed by atoms with Crippen molar-refractivity contribution >= 4 is 9.84 Å². The molecule has 0 aromatic carbocycles. The molecule has 1 radical (unpaired) electrons. The Morgan fingerprint density at radius 3 is 2.09 bits per heavy atom. The van der Waals surface area contributed by atoms with Crippen molar-refractivity contribution in [1.82, 2.24) is 0 Å². The van der Waals surface area contributed by atoms with Crippen molar-refractivity contribution < 1.29 is 8.42 Å². The van der Waals surface area contributed by atoms with Gasteiger partial charge in [-0.2, -0.15) is 0 Å². The fraction of sp³-hybridized carbons (Fsp3) is 0.875. The van der Waals surface area contributed by atoms with Gasteiger partial charge in [-0.05, 0) is 6.42 Å². The molecule has 0 aromatic heterocycles. The van der Waals surface area contributed by atoms with Crippen molar-refractivity contribution in [2.24, 2.45) is 0 Å². The lowest BCUT2D eigenvalue weighted by Gasteiger charge is -1.97. The summed E-state index contributed by atoms with van der Waals surface area (Å²) < 4.78 is 21.3. The van der Waals surface area contributed by atoms with Gasteiger partial charge in [0.2, 0.25) is 0 Å². The Hall–Kier alpha value is -0.0500. The first kappa shape index (κ1) is 11.0. The smallest absolute Gasteiger partial charge is 0.147 e. The molecule has 0 atom stereocenters. The SMILES string of the molecule is [CH2]CCCCCCS(C)(=O)=O. The summed E-state index contributed by atoms with van der Waals surface area (Å²) in [5.41, 5.74) is 0. The number of hydrogen-bond donors (Lipinski definition) is 0. The molecule has 11 heavy (non-hydrogen) atoms. The van der Waals surface area contributed by atoms with E-state index in [4.69, 9.17) is 0 Å². The number of rotatable bonds is 6. The van der Waals surface area contributed by atoms with Crippen LogP contribution in [0, 0.1) is 6.92 Å². The van der Waals surface area contributed by atoms with Crippen LogP contribution in [0.25, 0.3) is 0 Å². The van der Waals surface area contributed by atoms with Crippen LogP contribution in [0.5, 0.6) is 0 Å². The molecule has 0 saturated heterocycles. The second-order valence-corrected chi connectivity index (χ2v) is 5.16. The average Bonchev–Trinajstić information content (AvgIpc) is 1.85. The summed E-state index contributed by atoms with van der Waals surface area (Å²) in [6, 6.07) is 0. The summed E-state index contributed by atoms with van der Waals surface area (Å²) in [6.45, 7) is 3.71. The van der Waals surface area contributed by atoms with E-state index in [1.807, 2.05) is 0 Å². The fourth-order valence-corrected chi connectivity index (χ4v) is 1.62. The molecule has 3 heteroatoms. The number of sulfone groups is 1. The lowest BCUT2D eigenvalue weighted by molar-refractivity contribution is 0.593. The van der Waals surface area contributed by atoms with Crippen molar-refractivity contribution in [2.75, 3.05) is 12.0 Å². The van der Waals surface area contributed by atoms with Crippen LogP contribution in [0.4, 0.5) is 0 Å². The molecule has 2 nitrogen and oxygen atoms in total. The first-order chi connectivity index (χ1) is 5.06. The fourth-order valence-electron chi connectivity index (χ4n) is 0.895. The molecule has 0 aliphatic rings. The lowest BCUT2D eigenvalue weighted by atomic mass is 10.2. The molecule has 0 aliphatic heterocycles. The maximum absolute atomic E-state index is 10.7. The monoisotopic (exact) mass is 177 g/mol. The van der Waals surface area contributed by atoms with Gasteiger partial charge < -0.3 is 0 Å². The van der Waals surface area contributed by atoms with Gasteiger partial charge in [-0.25, -0.2) is 8.42 Å². The Balaban J connectivity index is 3.16. The third-order valence-electron chi connectivity index (χ3n) is 1.52. The van der Waals surface area contributed by atoms with Crippen molar-refractivity contribution in [3.8, 4) is 0 Å². The predicted molar refractivity (Wildman–Crippen MR) is 48.2 cm³/mol. The molecule has 0 aliphatic carbocycles. The first-order valence-corrected chi connectivity index (χ1v) is 6.09. The Bertz CT molecular complexity index is 171. The molecule has 0 unspecified atom stereocenters. The minimum absolute atomic E-state index is 0.337. The molecule has 0 rings (SSSR count). The standard InChI is InChI=1S/C8H17O2S/c1-3-4-5-6-7-8-11(2,9)10/h1,3-8H2,2H3. The largest absolute Gasteiger partial charge is 0.229 e. The highest BCUT2D eigenvalue weighted by molar-refractivity contribution is 7.90. The van der Waals surface area contributed by atoms with Gasteiger partial charge in [0.1, 0.15) is 9.84 Å². The zero-order valence-electron chi connectivity index (χ0n) is 7.17.